The highest BCUT2D eigenvalue weighted by Gasteiger charge is 2.15. The number of benzene rings is 2. The van der Waals surface area contributed by atoms with Gasteiger partial charge >= 0.3 is 0 Å². The molecule has 3 N–H and O–H groups in total. The van der Waals surface area contributed by atoms with E-state index in [1.165, 1.54) is 13.2 Å². The van der Waals surface area contributed by atoms with Crippen molar-refractivity contribution in [1.82, 2.24) is 5.43 Å². The van der Waals surface area contributed by atoms with Crippen LogP contribution in [0.1, 0.15) is 22.7 Å². The number of aryl methyl sites for hydroxylation is 1. The van der Waals surface area contributed by atoms with Crippen molar-refractivity contribution in [2.24, 2.45) is 5.84 Å². The van der Waals surface area contributed by atoms with E-state index in [0.717, 1.165) is 21.2 Å². The molecule has 0 radical (unpaired) electrons. The number of rotatable bonds is 5. The highest BCUT2D eigenvalue weighted by molar-refractivity contribution is 9.10. The van der Waals surface area contributed by atoms with Crippen molar-refractivity contribution in [2.75, 3.05) is 7.11 Å². The monoisotopic (exact) mass is 352 g/mol. The quantitative estimate of drug-likeness (QED) is 0.637. The zero-order chi connectivity index (χ0) is 15.4. The third-order valence-corrected chi connectivity index (χ3v) is 4.11. The lowest BCUT2D eigenvalue weighted by Gasteiger charge is -2.19. The number of halogens is 2. The Morgan fingerprint density at radius 2 is 2.05 bits per heavy atom. The van der Waals surface area contributed by atoms with Crippen LogP contribution < -0.4 is 16.0 Å². The van der Waals surface area contributed by atoms with Crippen LogP contribution >= 0.6 is 15.9 Å². The Morgan fingerprint density at radius 3 is 2.67 bits per heavy atom. The largest absolute Gasteiger partial charge is 0.494 e. The van der Waals surface area contributed by atoms with Crippen LogP contribution in [0.4, 0.5) is 4.39 Å². The van der Waals surface area contributed by atoms with E-state index in [1.807, 2.05) is 25.1 Å². The standard InChI is InChI=1S/C16H18BrFN2O/c1-10-3-5-13(17)12(7-10)15(20-19)9-11-4-6-16(21-2)14(18)8-11/h3-8,15,20H,9,19H2,1-2H3. The molecule has 2 aromatic carbocycles. The molecule has 0 saturated heterocycles. The van der Waals surface area contributed by atoms with Gasteiger partial charge in [-0.1, -0.05) is 39.7 Å². The van der Waals surface area contributed by atoms with Crippen LogP contribution in [-0.2, 0) is 6.42 Å². The molecule has 0 bridgehead atoms. The summed E-state index contributed by atoms with van der Waals surface area (Å²) in [6.45, 7) is 2.02. The number of hydrazine groups is 1. The second-order valence-electron chi connectivity index (χ2n) is 4.92. The van der Waals surface area contributed by atoms with Gasteiger partial charge in [-0.05, 0) is 42.7 Å². The molecule has 0 amide bonds. The molecule has 5 heteroatoms. The van der Waals surface area contributed by atoms with Gasteiger partial charge < -0.3 is 4.74 Å². The Kier molecular flexibility index (Phi) is 5.33. The van der Waals surface area contributed by atoms with Gasteiger partial charge in [-0.25, -0.2) is 4.39 Å². The van der Waals surface area contributed by atoms with Crippen molar-refractivity contribution < 1.29 is 9.13 Å². The van der Waals surface area contributed by atoms with Gasteiger partial charge in [0.25, 0.3) is 0 Å². The lowest BCUT2D eigenvalue weighted by molar-refractivity contribution is 0.386. The van der Waals surface area contributed by atoms with Crippen LogP contribution in [0.3, 0.4) is 0 Å². The van der Waals surface area contributed by atoms with E-state index >= 15 is 0 Å². The molecule has 21 heavy (non-hydrogen) atoms. The SMILES string of the molecule is COc1ccc(CC(NN)c2cc(C)ccc2Br)cc1F. The van der Waals surface area contributed by atoms with Gasteiger partial charge in [0.15, 0.2) is 11.6 Å². The highest BCUT2D eigenvalue weighted by atomic mass is 79.9. The Hall–Kier alpha value is -1.43. The summed E-state index contributed by atoms with van der Waals surface area (Å²) in [4.78, 5) is 0. The van der Waals surface area contributed by atoms with Gasteiger partial charge in [-0.2, -0.15) is 0 Å². The highest BCUT2D eigenvalue weighted by Crippen LogP contribution is 2.28. The van der Waals surface area contributed by atoms with Crippen molar-refractivity contribution in [1.29, 1.82) is 0 Å². The average molecular weight is 353 g/mol. The Morgan fingerprint density at radius 1 is 1.29 bits per heavy atom. The Bertz CT molecular complexity index is 634. The molecule has 0 spiro atoms. The maximum Gasteiger partial charge on any atom is 0.165 e. The molecule has 0 heterocycles. The van der Waals surface area contributed by atoms with Crippen molar-refractivity contribution >= 4 is 15.9 Å². The third kappa shape index (κ3) is 3.81. The molecule has 112 valence electrons. The maximum atomic E-state index is 13.8. The van der Waals surface area contributed by atoms with E-state index in [4.69, 9.17) is 10.6 Å². The van der Waals surface area contributed by atoms with Crippen molar-refractivity contribution in [3.8, 4) is 5.75 Å². The molecule has 0 aliphatic rings. The summed E-state index contributed by atoms with van der Waals surface area (Å²) in [6, 6.07) is 10.9. The van der Waals surface area contributed by atoms with Crippen LogP contribution in [-0.4, -0.2) is 7.11 Å². The summed E-state index contributed by atoms with van der Waals surface area (Å²) in [6.07, 6.45) is 0.583. The van der Waals surface area contributed by atoms with Crippen LogP contribution in [0, 0.1) is 12.7 Å². The van der Waals surface area contributed by atoms with E-state index in [9.17, 15) is 4.39 Å². The first-order valence-electron chi connectivity index (χ1n) is 6.59. The zero-order valence-electron chi connectivity index (χ0n) is 12.0. The maximum absolute atomic E-state index is 13.8. The number of methoxy groups -OCH3 is 1. The first-order chi connectivity index (χ1) is 10.0. The first-order valence-corrected chi connectivity index (χ1v) is 7.39. The van der Waals surface area contributed by atoms with Gasteiger partial charge in [0, 0.05) is 4.47 Å². The molecule has 0 aliphatic heterocycles. The molecule has 0 fully saturated rings. The first kappa shape index (κ1) is 15.9. The van der Waals surface area contributed by atoms with Crippen molar-refractivity contribution in [3.63, 3.8) is 0 Å². The van der Waals surface area contributed by atoms with Gasteiger partial charge in [0.05, 0.1) is 13.2 Å². The molecular weight excluding hydrogens is 335 g/mol. The lowest BCUT2D eigenvalue weighted by atomic mass is 9.98. The van der Waals surface area contributed by atoms with Crippen LogP contribution in [0.2, 0.25) is 0 Å². The van der Waals surface area contributed by atoms with E-state index in [1.54, 1.807) is 6.07 Å². The predicted molar refractivity (Wildman–Crippen MR) is 85.6 cm³/mol. The molecule has 1 unspecified atom stereocenters. The minimum absolute atomic E-state index is 0.105. The van der Waals surface area contributed by atoms with Crippen LogP contribution in [0.25, 0.3) is 0 Å². The molecule has 2 rings (SSSR count). The summed E-state index contributed by atoms with van der Waals surface area (Å²) in [7, 11) is 1.45. The topological polar surface area (TPSA) is 47.3 Å². The predicted octanol–water partition coefficient (Wildman–Crippen LogP) is 3.65. The lowest BCUT2D eigenvalue weighted by Crippen LogP contribution is -2.30. The second kappa shape index (κ2) is 7.02. The fourth-order valence-corrected chi connectivity index (χ4v) is 2.78. The second-order valence-corrected chi connectivity index (χ2v) is 5.77. The fourth-order valence-electron chi connectivity index (χ4n) is 2.26. The number of nitrogens with one attached hydrogen (secondary N) is 1. The van der Waals surface area contributed by atoms with Gasteiger partial charge in [-0.15, -0.1) is 0 Å². The Labute approximate surface area is 132 Å². The number of ether oxygens (including phenoxy) is 1. The average Bonchev–Trinajstić information content (AvgIpc) is 2.47. The Balaban J connectivity index is 2.26. The summed E-state index contributed by atoms with van der Waals surface area (Å²) in [5.74, 6) is 5.55. The molecule has 1 atom stereocenters. The van der Waals surface area contributed by atoms with Crippen molar-refractivity contribution in [2.45, 2.75) is 19.4 Å². The summed E-state index contributed by atoms with van der Waals surface area (Å²) >= 11 is 3.53. The molecule has 0 saturated carbocycles. The van der Waals surface area contributed by atoms with Gasteiger partial charge in [0.2, 0.25) is 0 Å². The molecule has 2 aromatic rings. The number of hydrogen-bond acceptors (Lipinski definition) is 3. The summed E-state index contributed by atoms with van der Waals surface area (Å²) < 4.78 is 19.7. The minimum Gasteiger partial charge on any atom is -0.494 e. The number of hydrogen-bond donors (Lipinski definition) is 2. The summed E-state index contributed by atoms with van der Waals surface area (Å²) in [5, 5.41) is 0. The minimum atomic E-state index is -0.367. The summed E-state index contributed by atoms with van der Waals surface area (Å²) in [5.41, 5.74) is 5.85. The van der Waals surface area contributed by atoms with E-state index in [-0.39, 0.29) is 17.6 Å². The molecule has 0 aromatic heterocycles. The smallest absolute Gasteiger partial charge is 0.165 e. The molecular formula is C16H18BrFN2O. The van der Waals surface area contributed by atoms with Gasteiger partial charge in [0.1, 0.15) is 0 Å². The van der Waals surface area contributed by atoms with Gasteiger partial charge in [-0.3, -0.25) is 11.3 Å². The zero-order valence-corrected chi connectivity index (χ0v) is 13.6. The van der Waals surface area contributed by atoms with E-state index < -0.39 is 0 Å². The molecule has 0 aliphatic carbocycles. The fraction of sp³-hybridized carbons (Fsp3) is 0.250. The van der Waals surface area contributed by atoms with E-state index in [2.05, 4.69) is 27.4 Å². The number of nitrogens with two attached hydrogens (primary N) is 1. The van der Waals surface area contributed by atoms with Crippen molar-refractivity contribution in [3.05, 3.63) is 63.4 Å². The van der Waals surface area contributed by atoms with Crippen LogP contribution in [0.5, 0.6) is 5.75 Å². The van der Waals surface area contributed by atoms with E-state index in [0.29, 0.717) is 6.42 Å². The third-order valence-electron chi connectivity index (χ3n) is 3.38. The molecule has 3 nitrogen and oxygen atoms in total. The normalized spacial score (nSPS) is 12.2. The van der Waals surface area contributed by atoms with Crippen LogP contribution in [0.15, 0.2) is 40.9 Å².